The van der Waals surface area contributed by atoms with E-state index in [1.165, 1.54) is 27.2 Å². The maximum absolute atomic E-state index is 11.6. The minimum atomic E-state index is -0.248. The highest BCUT2D eigenvalue weighted by molar-refractivity contribution is 8.00. The summed E-state index contributed by atoms with van der Waals surface area (Å²) in [5.41, 5.74) is 1.14. The molecule has 1 fully saturated rings. The Morgan fingerprint density at radius 1 is 1.21 bits per heavy atom. The second kappa shape index (κ2) is 6.16. The molecular formula is C17H16N4O2S. The first-order valence-electron chi connectivity index (χ1n) is 7.71. The average Bonchev–Trinajstić information content (AvgIpc) is 3.16. The van der Waals surface area contributed by atoms with E-state index in [1.54, 1.807) is 0 Å². The predicted molar refractivity (Wildman–Crippen MR) is 92.1 cm³/mol. The predicted octanol–water partition coefficient (Wildman–Crippen LogP) is 2.14. The minimum absolute atomic E-state index is 0.210. The molecule has 0 aliphatic carbocycles. The van der Waals surface area contributed by atoms with Gasteiger partial charge in [0.1, 0.15) is 5.25 Å². The molecule has 2 N–H and O–H groups in total. The highest BCUT2D eigenvalue weighted by Gasteiger charge is 2.29. The van der Waals surface area contributed by atoms with Crippen molar-refractivity contribution in [1.29, 1.82) is 0 Å². The van der Waals surface area contributed by atoms with Crippen molar-refractivity contribution in [3.63, 3.8) is 0 Å². The van der Waals surface area contributed by atoms with Crippen LogP contribution >= 0.6 is 11.8 Å². The molecule has 122 valence electrons. The standard InChI is InChI=1S/C17H16N4O2S/c18-21-15(19-20-17(21)24-14-8-9-23-16(14)22)10-12-6-3-5-11-4-1-2-7-13(11)12/h1-7,14H,8-10,18H2/t14-/m0/s1. The molecule has 2 heterocycles. The second-order valence-electron chi connectivity index (χ2n) is 5.65. The number of cyclic esters (lactones) is 1. The zero-order valence-electron chi connectivity index (χ0n) is 12.9. The second-order valence-corrected chi connectivity index (χ2v) is 6.82. The van der Waals surface area contributed by atoms with Gasteiger partial charge in [0.15, 0.2) is 5.82 Å². The van der Waals surface area contributed by atoms with Crippen LogP contribution in [0, 0.1) is 0 Å². The summed E-state index contributed by atoms with van der Waals surface area (Å²) in [6.45, 7) is 0.456. The van der Waals surface area contributed by atoms with Gasteiger partial charge in [0.2, 0.25) is 5.16 Å². The van der Waals surface area contributed by atoms with Gasteiger partial charge in [-0.05, 0) is 16.3 Å². The number of aromatic nitrogens is 3. The molecule has 0 unspecified atom stereocenters. The van der Waals surface area contributed by atoms with E-state index in [0.717, 1.165) is 5.56 Å². The van der Waals surface area contributed by atoms with Crippen LogP contribution in [0.1, 0.15) is 17.8 Å². The van der Waals surface area contributed by atoms with Gasteiger partial charge in [0, 0.05) is 12.8 Å². The van der Waals surface area contributed by atoms with Crippen molar-refractivity contribution in [2.45, 2.75) is 23.2 Å². The number of thioether (sulfide) groups is 1. The first-order chi connectivity index (χ1) is 11.7. The highest BCUT2D eigenvalue weighted by atomic mass is 32.2. The maximum Gasteiger partial charge on any atom is 0.319 e. The number of esters is 1. The first kappa shape index (κ1) is 15.0. The number of nitrogen functional groups attached to an aromatic ring is 1. The fraction of sp³-hybridized carbons (Fsp3) is 0.235. The number of fused-ring (bicyclic) bond motifs is 1. The summed E-state index contributed by atoms with van der Waals surface area (Å²) in [5, 5.41) is 11.0. The first-order valence-corrected chi connectivity index (χ1v) is 8.59. The van der Waals surface area contributed by atoms with Crippen LogP contribution in [0.4, 0.5) is 0 Å². The molecule has 7 heteroatoms. The molecule has 2 aromatic carbocycles. The molecule has 1 aliphatic rings. The topological polar surface area (TPSA) is 83.0 Å². The lowest BCUT2D eigenvalue weighted by atomic mass is 10.0. The summed E-state index contributed by atoms with van der Waals surface area (Å²) in [7, 11) is 0. The summed E-state index contributed by atoms with van der Waals surface area (Å²) in [6.07, 6.45) is 1.26. The Balaban J connectivity index is 1.60. The molecule has 1 aromatic heterocycles. The summed E-state index contributed by atoms with van der Waals surface area (Å²) in [5.74, 6) is 6.59. The van der Waals surface area contributed by atoms with Gasteiger partial charge in [-0.3, -0.25) is 4.79 Å². The lowest BCUT2D eigenvalue weighted by Crippen LogP contribution is -2.17. The summed E-state index contributed by atoms with van der Waals surface area (Å²) in [4.78, 5) is 11.6. The van der Waals surface area contributed by atoms with Gasteiger partial charge >= 0.3 is 5.97 Å². The third-order valence-electron chi connectivity index (χ3n) is 4.10. The van der Waals surface area contributed by atoms with Gasteiger partial charge in [0.05, 0.1) is 6.61 Å². The Labute approximate surface area is 143 Å². The van der Waals surface area contributed by atoms with E-state index in [4.69, 9.17) is 10.6 Å². The summed E-state index contributed by atoms with van der Waals surface area (Å²) in [6, 6.07) is 14.4. The average molecular weight is 340 g/mol. The minimum Gasteiger partial charge on any atom is -0.465 e. The van der Waals surface area contributed by atoms with E-state index in [2.05, 4.69) is 34.5 Å². The van der Waals surface area contributed by atoms with E-state index in [9.17, 15) is 4.79 Å². The van der Waals surface area contributed by atoms with Crippen molar-refractivity contribution < 1.29 is 9.53 Å². The Hall–Kier alpha value is -2.54. The van der Waals surface area contributed by atoms with Gasteiger partial charge in [-0.1, -0.05) is 54.2 Å². The van der Waals surface area contributed by atoms with E-state index in [0.29, 0.717) is 30.4 Å². The van der Waals surface area contributed by atoms with Crippen LogP contribution in [0.25, 0.3) is 10.8 Å². The number of hydrogen-bond donors (Lipinski definition) is 1. The molecule has 0 amide bonds. The lowest BCUT2D eigenvalue weighted by molar-refractivity contribution is -0.137. The lowest BCUT2D eigenvalue weighted by Gasteiger charge is -2.08. The van der Waals surface area contributed by atoms with Crippen LogP contribution in [0.3, 0.4) is 0 Å². The Bertz CT molecular complexity index is 903. The third-order valence-corrected chi connectivity index (χ3v) is 5.30. The molecule has 1 aliphatic heterocycles. The zero-order valence-corrected chi connectivity index (χ0v) is 13.7. The number of nitrogens with zero attached hydrogens (tertiary/aromatic N) is 3. The van der Waals surface area contributed by atoms with E-state index < -0.39 is 0 Å². The van der Waals surface area contributed by atoms with Crippen LogP contribution < -0.4 is 5.84 Å². The molecule has 4 rings (SSSR count). The molecule has 0 bridgehead atoms. The van der Waals surface area contributed by atoms with Crippen molar-refractivity contribution in [2.24, 2.45) is 0 Å². The normalized spacial score (nSPS) is 17.3. The van der Waals surface area contributed by atoms with Gasteiger partial charge in [-0.25, -0.2) is 4.68 Å². The number of rotatable bonds is 4. The van der Waals surface area contributed by atoms with Crippen molar-refractivity contribution in [3.8, 4) is 0 Å². The monoisotopic (exact) mass is 340 g/mol. The number of hydrogen-bond acceptors (Lipinski definition) is 6. The largest absolute Gasteiger partial charge is 0.465 e. The van der Waals surface area contributed by atoms with E-state index >= 15 is 0 Å². The summed E-state index contributed by atoms with van der Waals surface area (Å²) < 4.78 is 6.44. The van der Waals surface area contributed by atoms with Crippen LogP contribution in [-0.4, -0.2) is 32.7 Å². The van der Waals surface area contributed by atoms with E-state index in [-0.39, 0.29) is 11.2 Å². The molecule has 1 saturated heterocycles. The fourth-order valence-corrected chi connectivity index (χ4v) is 3.78. The number of nitrogens with two attached hydrogens (primary N) is 1. The van der Waals surface area contributed by atoms with Gasteiger partial charge < -0.3 is 10.6 Å². The fourth-order valence-electron chi connectivity index (χ4n) is 2.84. The van der Waals surface area contributed by atoms with Crippen LogP contribution in [0.2, 0.25) is 0 Å². The molecule has 1 atom stereocenters. The number of carbonyl (C=O) groups is 1. The van der Waals surface area contributed by atoms with Crippen molar-refractivity contribution in [3.05, 3.63) is 53.9 Å². The van der Waals surface area contributed by atoms with Crippen LogP contribution in [0.15, 0.2) is 47.6 Å². The molecule has 0 radical (unpaired) electrons. The molecule has 24 heavy (non-hydrogen) atoms. The highest BCUT2D eigenvalue weighted by Crippen LogP contribution is 2.28. The number of ether oxygens (including phenoxy) is 1. The van der Waals surface area contributed by atoms with Gasteiger partial charge in [-0.2, -0.15) is 0 Å². The SMILES string of the molecule is Nn1c(Cc2cccc3ccccc23)nnc1S[C@H]1CCOC1=O. The van der Waals surface area contributed by atoms with Gasteiger partial charge in [0.25, 0.3) is 0 Å². The van der Waals surface area contributed by atoms with E-state index in [1.807, 2.05) is 18.2 Å². The summed E-state index contributed by atoms with van der Waals surface area (Å²) >= 11 is 1.31. The van der Waals surface area contributed by atoms with Crippen molar-refractivity contribution in [1.82, 2.24) is 14.9 Å². The molecule has 3 aromatic rings. The Morgan fingerprint density at radius 2 is 2.04 bits per heavy atom. The molecule has 0 saturated carbocycles. The van der Waals surface area contributed by atoms with Crippen molar-refractivity contribution in [2.75, 3.05) is 12.4 Å². The smallest absolute Gasteiger partial charge is 0.319 e. The zero-order chi connectivity index (χ0) is 16.5. The Kier molecular flexibility index (Phi) is 3.86. The quantitative estimate of drug-likeness (QED) is 0.579. The third kappa shape index (κ3) is 2.71. The van der Waals surface area contributed by atoms with Crippen molar-refractivity contribution >= 4 is 28.5 Å². The van der Waals surface area contributed by atoms with Crippen LogP contribution in [0.5, 0.6) is 0 Å². The maximum atomic E-state index is 11.6. The van der Waals surface area contributed by atoms with Crippen LogP contribution in [-0.2, 0) is 16.0 Å². The Morgan fingerprint density at radius 3 is 2.88 bits per heavy atom. The number of benzene rings is 2. The number of carbonyl (C=O) groups excluding carboxylic acids is 1. The molecule has 0 spiro atoms. The molecular weight excluding hydrogens is 324 g/mol. The molecule has 6 nitrogen and oxygen atoms in total. The van der Waals surface area contributed by atoms with Gasteiger partial charge in [-0.15, -0.1) is 10.2 Å².